The number of pyridine rings is 1. The molecule has 3 aromatic rings. The molecule has 182 valence electrons. The molecule has 0 bridgehead atoms. The number of benzene rings is 2. The van der Waals surface area contributed by atoms with Crippen molar-refractivity contribution in [3.63, 3.8) is 0 Å². The molecule has 0 radical (unpaired) electrons. The highest BCUT2D eigenvalue weighted by atomic mass is 35.5. The lowest BCUT2D eigenvalue weighted by atomic mass is 9.81. The Morgan fingerprint density at radius 2 is 1.72 bits per heavy atom. The van der Waals surface area contributed by atoms with E-state index < -0.39 is 17.9 Å². The topological polar surface area (TPSA) is 119 Å². The van der Waals surface area contributed by atoms with E-state index in [0.29, 0.717) is 21.8 Å². The van der Waals surface area contributed by atoms with Crippen molar-refractivity contribution in [1.29, 1.82) is 5.26 Å². The number of aromatic nitrogens is 1. The van der Waals surface area contributed by atoms with Crippen molar-refractivity contribution in [3.8, 4) is 6.07 Å². The summed E-state index contributed by atoms with van der Waals surface area (Å²) in [6, 6.07) is 15.8. The summed E-state index contributed by atoms with van der Waals surface area (Å²) < 4.78 is 10.1. The van der Waals surface area contributed by atoms with E-state index in [4.69, 9.17) is 38.4 Å². The number of aryl methyl sites for hydroxylation is 1. The van der Waals surface area contributed by atoms with Crippen LogP contribution in [-0.2, 0) is 19.1 Å². The average molecular weight is 523 g/mol. The quantitative estimate of drug-likeness (QED) is 0.385. The second-order valence-corrected chi connectivity index (χ2v) is 8.76. The minimum absolute atomic E-state index is 0.0197. The van der Waals surface area contributed by atoms with Crippen LogP contribution in [-0.4, -0.2) is 31.1 Å². The zero-order valence-electron chi connectivity index (χ0n) is 19.5. The predicted molar refractivity (Wildman–Crippen MR) is 136 cm³/mol. The van der Waals surface area contributed by atoms with Crippen LogP contribution in [0, 0.1) is 18.3 Å². The van der Waals surface area contributed by atoms with E-state index in [1.54, 1.807) is 30.3 Å². The fourth-order valence-electron chi connectivity index (χ4n) is 4.20. The molecule has 0 saturated heterocycles. The summed E-state index contributed by atoms with van der Waals surface area (Å²) in [4.78, 5) is 32.1. The van der Waals surface area contributed by atoms with Gasteiger partial charge in [-0.25, -0.2) is 14.6 Å². The van der Waals surface area contributed by atoms with E-state index in [0.717, 1.165) is 10.9 Å². The van der Waals surface area contributed by atoms with Gasteiger partial charge in [0.2, 0.25) is 0 Å². The summed E-state index contributed by atoms with van der Waals surface area (Å²) in [7, 11) is 2.34. The first-order valence-electron chi connectivity index (χ1n) is 10.6. The monoisotopic (exact) mass is 522 g/mol. The Labute approximate surface area is 217 Å². The molecule has 2 aromatic carbocycles. The largest absolute Gasteiger partial charge is 0.466 e. The summed E-state index contributed by atoms with van der Waals surface area (Å²) in [6.45, 7) is 1.92. The Bertz CT molecular complexity index is 1510. The molecule has 0 saturated carbocycles. The summed E-state index contributed by atoms with van der Waals surface area (Å²) >= 11 is 12.6. The van der Waals surface area contributed by atoms with Gasteiger partial charge in [-0.3, -0.25) is 4.90 Å². The van der Waals surface area contributed by atoms with Crippen molar-refractivity contribution >= 4 is 51.7 Å². The van der Waals surface area contributed by atoms with E-state index in [9.17, 15) is 14.9 Å². The molecule has 1 unspecified atom stereocenters. The van der Waals surface area contributed by atoms with Crippen LogP contribution in [0.3, 0.4) is 0 Å². The lowest BCUT2D eigenvalue weighted by molar-refractivity contribution is -0.139. The molecule has 1 atom stereocenters. The van der Waals surface area contributed by atoms with Crippen molar-refractivity contribution in [2.24, 2.45) is 5.73 Å². The summed E-state index contributed by atoms with van der Waals surface area (Å²) in [5.74, 6) is -2.96. The number of allylic oxidation sites excluding steroid dienone is 1. The van der Waals surface area contributed by atoms with Gasteiger partial charge < -0.3 is 15.2 Å². The third kappa shape index (κ3) is 4.24. The molecule has 1 aromatic heterocycles. The van der Waals surface area contributed by atoms with Crippen LogP contribution in [0.5, 0.6) is 0 Å². The predicted octanol–water partition coefficient (Wildman–Crippen LogP) is 4.75. The lowest BCUT2D eigenvalue weighted by Gasteiger charge is -2.36. The number of hydrogen-bond acceptors (Lipinski definition) is 8. The zero-order chi connectivity index (χ0) is 26.1. The van der Waals surface area contributed by atoms with Gasteiger partial charge in [0.15, 0.2) is 0 Å². The summed E-state index contributed by atoms with van der Waals surface area (Å²) in [5.41, 5.74) is 8.39. The summed E-state index contributed by atoms with van der Waals surface area (Å²) in [5, 5.41) is 11.4. The number of anilines is 1. The highest BCUT2D eigenvalue weighted by Gasteiger charge is 2.44. The molecule has 4 rings (SSSR count). The van der Waals surface area contributed by atoms with E-state index >= 15 is 0 Å². The number of methoxy groups -OCH3 is 2. The number of carbonyl (C=O) groups is 2. The third-order valence-corrected chi connectivity index (χ3v) is 6.38. The van der Waals surface area contributed by atoms with Gasteiger partial charge in [-0.15, -0.1) is 0 Å². The van der Waals surface area contributed by atoms with Crippen molar-refractivity contribution in [2.45, 2.75) is 12.8 Å². The Hall–Kier alpha value is -4.06. The Balaban J connectivity index is 2.10. The normalized spacial score (nSPS) is 15.7. The van der Waals surface area contributed by atoms with Crippen LogP contribution in [0.25, 0.3) is 10.9 Å². The van der Waals surface area contributed by atoms with Gasteiger partial charge >= 0.3 is 11.9 Å². The van der Waals surface area contributed by atoms with Gasteiger partial charge in [0.05, 0.1) is 42.9 Å². The maximum Gasteiger partial charge on any atom is 0.355 e. The number of esters is 2. The van der Waals surface area contributed by atoms with Gasteiger partial charge in [-0.05, 0) is 49.4 Å². The minimum atomic E-state index is -1.15. The molecule has 2 N–H and O–H groups in total. The number of nitrogens with zero attached hydrogens (tertiary/aromatic N) is 3. The molecule has 2 heterocycles. The van der Waals surface area contributed by atoms with Crippen LogP contribution in [0.1, 0.15) is 17.0 Å². The molecule has 1 aliphatic heterocycles. The van der Waals surface area contributed by atoms with Gasteiger partial charge in [0.1, 0.15) is 16.7 Å². The van der Waals surface area contributed by atoms with Crippen LogP contribution in [0.2, 0.25) is 10.2 Å². The lowest BCUT2D eigenvalue weighted by Crippen LogP contribution is -2.40. The maximum atomic E-state index is 13.2. The minimum Gasteiger partial charge on any atom is -0.466 e. The molecule has 0 spiro atoms. The second kappa shape index (κ2) is 9.90. The Morgan fingerprint density at radius 1 is 1.06 bits per heavy atom. The zero-order valence-corrected chi connectivity index (χ0v) is 21.0. The van der Waals surface area contributed by atoms with E-state index in [2.05, 4.69) is 11.1 Å². The van der Waals surface area contributed by atoms with E-state index in [-0.39, 0.29) is 27.8 Å². The number of fused-ring (bicyclic) bond motifs is 1. The molecule has 36 heavy (non-hydrogen) atoms. The molecule has 0 amide bonds. The third-order valence-electron chi connectivity index (χ3n) is 5.82. The van der Waals surface area contributed by atoms with Crippen molar-refractivity contribution in [1.82, 2.24) is 4.98 Å². The van der Waals surface area contributed by atoms with Crippen LogP contribution >= 0.6 is 23.2 Å². The molecule has 1 aliphatic rings. The van der Waals surface area contributed by atoms with Crippen molar-refractivity contribution < 1.29 is 19.1 Å². The first-order valence-corrected chi connectivity index (χ1v) is 11.4. The maximum absolute atomic E-state index is 13.2. The Kier molecular flexibility index (Phi) is 6.88. The standard InChI is InChI=1S/C26H20Cl2N4O4/c1-13-4-9-19-14(10-13)11-17(23(28)31-19)20-18(12-29)24(30)32(16-7-5-15(27)6-8-16)22(26(34)36-3)21(20)25(33)35-2/h4-11,20H,30H2,1-3H3. The van der Waals surface area contributed by atoms with Crippen LogP contribution < -0.4 is 10.6 Å². The van der Waals surface area contributed by atoms with Gasteiger partial charge in [-0.2, -0.15) is 5.26 Å². The second-order valence-electron chi connectivity index (χ2n) is 7.97. The molecule has 10 heteroatoms. The average Bonchev–Trinajstić information content (AvgIpc) is 2.87. The molecular weight excluding hydrogens is 503 g/mol. The number of halogens is 2. The van der Waals surface area contributed by atoms with Crippen molar-refractivity contribution in [3.05, 3.63) is 92.5 Å². The Morgan fingerprint density at radius 3 is 2.33 bits per heavy atom. The van der Waals surface area contributed by atoms with E-state index in [1.807, 2.05) is 25.1 Å². The van der Waals surface area contributed by atoms with Gasteiger partial charge in [-0.1, -0.05) is 34.8 Å². The number of rotatable bonds is 4. The highest BCUT2D eigenvalue weighted by Crippen LogP contribution is 2.45. The molecule has 0 aliphatic carbocycles. The SMILES string of the molecule is COC(=O)C1=C(C(=O)OC)N(c2ccc(Cl)cc2)C(N)=C(C#N)C1c1cc2cc(C)ccc2nc1Cl. The molecule has 0 fully saturated rings. The highest BCUT2D eigenvalue weighted by molar-refractivity contribution is 6.31. The van der Waals surface area contributed by atoms with Gasteiger partial charge in [0.25, 0.3) is 0 Å². The number of nitriles is 1. The fourth-order valence-corrected chi connectivity index (χ4v) is 4.58. The van der Waals surface area contributed by atoms with Gasteiger partial charge in [0, 0.05) is 21.7 Å². The van der Waals surface area contributed by atoms with E-state index in [1.165, 1.54) is 19.1 Å². The smallest absolute Gasteiger partial charge is 0.355 e. The first-order chi connectivity index (χ1) is 17.2. The fraction of sp³-hybridized carbons (Fsp3) is 0.154. The number of nitrogens with two attached hydrogens (primary N) is 1. The molecular formula is C26H20Cl2N4O4. The van der Waals surface area contributed by atoms with Crippen LogP contribution in [0.15, 0.2) is 71.2 Å². The molecule has 8 nitrogen and oxygen atoms in total. The first kappa shape index (κ1) is 25.0. The number of ether oxygens (including phenoxy) is 2. The van der Waals surface area contributed by atoms with Crippen molar-refractivity contribution in [2.75, 3.05) is 19.1 Å². The van der Waals surface area contributed by atoms with Crippen LogP contribution in [0.4, 0.5) is 5.69 Å². The number of hydrogen-bond donors (Lipinski definition) is 1. The number of carbonyl (C=O) groups excluding carboxylic acids is 2. The summed E-state index contributed by atoms with van der Waals surface area (Å²) in [6.07, 6.45) is 0.